The van der Waals surface area contributed by atoms with E-state index < -0.39 is 0 Å². The Labute approximate surface area is 103 Å². The summed E-state index contributed by atoms with van der Waals surface area (Å²) in [6.07, 6.45) is 6.66. The molecule has 2 aliphatic rings. The van der Waals surface area contributed by atoms with Crippen molar-refractivity contribution in [3.63, 3.8) is 0 Å². The molecule has 1 unspecified atom stereocenters. The maximum atomic E-state index is 9.89. The molecule has 1 aromatic carbocycles. The molecule has 0 spiro atoms. The van der Waals surface area contributed by atoms with E-state index in [1.807, 2.05) is 0 Å². The van der Waals surface area contributed by atoms with Crippen molar-refractivity contribution in [2.24, 2.45) is 0 Å². The van der Waals surface area contributed by atoms with E-state index >= 15 is 0 Å². The molecule has 2 nitrogen and oxygen atoms in total. The fourth-order valence-corrected chi connectivity index (χ4v) is 2.71. The normalized spacial score (nSPS) is 26.8. The topological polar surface area (TPSA) is 32.3 Å². The van der Waals surface area contributed by atoms with Gasteiger partial charge in [-0.1, -0.05) is 30.7 Å². The smallest absolute Gasteiger partial charge is 0.0690 e. The molecule has 1 aromatic rings. The van der Waals surface area contributed by atoms with Crippen molar-refractivity contribution >= 4 is 0 Å². The van der Waals surface area contributed by atoms with E-state index in [0.717, 1.165) is 25.8 Å². The number of piperidine rings is 1. The van der Waals surface area contributed by atoms with Crippen molar-refractivity contribution in [3.8, 4) is 0 Å². The fraction of sp³-hybridized carbons (Fsp3) is 0.600. The van der Waals surface area contributed by atoms with Crippen LogP contribution in [-0.4, -0.2) is 17.3 Å². The Kier molecular flexibility index (Phi) is 2.93. The molecule has 2 heteroatoms. The van der Waals surface area contributed by atoms with E-state index in [4.69, 9.17) is 0 Å². The van der Waals surface area contributed by atoms with Gasteiger partial charge < -0.3 is 10.4 Å². The molecule has 1 aliphatic carbocycles. The van der Waals surface area contributed by atoms with E-state index in [-0.39, 0.29) is 5.60 Å². The van der Waals surface area contributed by atoms with Crippen molar-refractivity contribution in [2.75, 3.05) is 6.54 Å². The second kappa shape index (κ2) is 4.43. The van der Waals surface area contributed by atoms with Crippen molar-refractivity contribution in [3.05, 3.63) is 35.4 Å². The summed E-state index contributed by atoms with van der Waals surface area (Å²) in [7, 11) is 0. The molecule has 92 valence electrons. The summed E-state index contributed by atoms with van der Waals surface area (Å²) in [5.74, 6) is 0. The molecule has 1 aliphatic heterocycles. The lowest BCUT2D eigenvalue weighted by atomic mass is 9.95. The van der Waals surface area contributed by atoms with E-state index in [1.54, 1.807) is 0 Å². The van der Waals surface area contributed by atoms with E-state index in [9.17, 15) is 5.11 Å². The Bertz CT molecular complexity index is 374. The molecule has 2 N–H and O–H groups in total. The zero-order valence-corrected chi connectivity index (χ0v) is 10.3. The van der Waals surface area contributed by atoms with Crippen LogP contribution in [0.4, 0.5) is 0 Å². The minimum atomic E-state index is -0.370. The van der Waals surface area contributed by atoms with Crippen molar-refractivity contribution in [1.29, 1.82) is 0 Å². The number of nitrogens with one attached hydrogen (secondary N) is 1. The molecular weight excluding hydrogens is 210 g/mol. The van der Waals surface area contributed by atoms with Crippen LogP contribution in [0.5, 0.6) is 0 Å². The zero-order valence-electron chi connectivity index (χ0n) is 10.3. The van der Waals surface area contributed by atoms with E-state index in [2.05, 4.69) is 29.6 Å². The van der Waals surface area contributed by atoms with Crippen LogP contribution >= 0.6 is 0 Å². The fourth-order valence-electron chi connectivity index (χ4n) is 2.71. The second-order valence-corrected chi connectivity index (χ2v) is 5.65. The van der Waals surface area contributed by atoms with Gasteiger partial charge in [-0.05, 0) is 43.4 Å². The van der Waals surface area contributed by atoms with Gasteiger partial charge in [0.1, 0.15) is 0 Å². The highest BCUT2D eigenvalue weighted by Gasteiger charge is 2.39. The van der Waals surface area contributed by atoms with Crippen LogP contribution in [0.25, 0.3) is 0 Å². The molecule has 1 saturated heterocycles. The molecule has 3 rings (SSSR count). The van der Waals surface area contributed by atoms with Crippen LogP contribution in [0.2, 0.25) is 0 Å². The number of benzene rings is 1. The van der Waals surface area contributed by atoms with Gasteiger partial charge in [0, 0.05) is 12.5 Å². The van der Waals surface area contributed by atoms with Crippen LogP contribution in [-0.2, 0) is 6.42 Å². The lowest BCUT2D eigenvalue weighted by Crippen LogP contribution is -2.26. The first-order valence-electron chi connectivity index (χ1n) is 6.80. The summed E-state index contributed by atoms with van der Waals surface area (Å²) in [6.45, 7) is 1.15. The van der Waals surface area contributed by atoms with Gasteiger partial charge in [-0.2, -0.15) is 0 Å². The number of hydrogen-bond donors (Lipinski definition) is 2. The van der Waals surface area contributed by atoms with Gasteiger partial charge in [0.15, 0.2) is 0 Å². The first kappa shape index (κ1) is 11.2. The molecule has 0 bridgehead atoms. The van der Waals surface area contributed by atoms with Crippen molar-refractivity contribution in [1.82, 2.24) is 5.32 Å². The lowest BCUT2D eigenvalue weighted by Gasteiger charge is -2.24. The average molecular weight is 231 g/mol. The summed E-state index contributed by atoms with van der Waals surface area (Å²) in [6, 6.07) is 9.36. The molecule has 2 fully saturated rings. The Morgan fingerprint density at radius 3 is 2.53 bits per heavy atom. The minimum absolute atomic E-state index is 0.370. The monoisotopic (exact) mass is 231 g/mol. The summed E-state index contributed by atoms with van der Waals surface area (Å²) in [5.41, 5.74) is 2.30. The standard InChI is InChI=1S/C15H21NO/c17-15(8-9-15)11-12-4-6-13(7-5-12)14-3-1-2-10-16-14/h4-7,14,16-17H,1-3,8-11H2. The third kappa shape index (κ3) is 2.70. The number of hydrogen-bond acceptors (Lipinski definition) is 2. The Morgan fingerprint density at radius 2 is 1.94 bits per heavy atom. The SMILES string of the molecule is OC1(Cc2ccc(C3CCCCN3)cc2)CC1. The molecule has 0 amide bonds. The third-order valence-corrected chi connectivity index (χ3v) is 4.05. The predicted octanol–water partition coefficient (Wildman–Crippen LogP) is 2.57. The van der Waals surface area contributed by atoms with Gasteiger partial charge in [0.25, 0.3) is 0 Å². The van der Waals surface area contributed by atoms with Crippen LogP contribution in [0, 0.1) is 0 Å². The van der Waals surface area contributed by atoms with Crippen molar-refractivity contribution < 1.29 is 5.11 Å². The van der Waals surface area contributed by atoms with Gasteiger partial charge in [0.2, 0.25) is 0 Å². The zero-order chi connectivity index (χ0) is 11.7. The molecule has 17 heavy (non-hydrogen) atoms. The van der Waals surface area contributed by atoms with Gasteiger partial charge in [-0.3, -0.25) is 0 Å². The average Bonchev–Trinajstić information content (AvgIpc) is 3.09. The van der Waals surface area contributed by atoms with E-state index in [1.165, 1.54) is 30.4 Å². The quantitative estimate of drug-likeness (QED) is 0.838. The summed E-state index contributed by atoms with van der Waals surface area (Å²) in [5, 5.41) is 13.5. The third-order valence-electron chi connectivity index (χ3n) is 4.05. The van der Waals surface area contributed by atoms with Crippen LogP contribution in [0.1, 0.15) is 49.3 Å². The Morgan fingerprint density at radius 1 is 1.18 bits per heavy atom. The number of rotatable bonds is 3. The first-order chi connectivity index (χ1) is 8.25. The summed E-state index contributed by atoms with van der Waals surface area (Å²) in [4.78, 5) is 0. The second-order valence-electron chi connectivity index (χ2n) is 5.65. The van der Waals surface area contributed by atoms with Gasteiger partial charge in [-0.15, -0.1) is 0 Å². The Hall–Kier alpha value is -0.860. The van der Waals surface area contributed by atoms with Gasteiger partial charge in [0.05, 0.1) is 5.60 Å². The largest absolute Gasteiger partial charge is 0.390 e. The van der Waals surface area contributed by atoms with Crippen LogP contribution in [0.15, 0.2) is 24.3 Å². The molecule has 1 saturated carbocycles. The Balaban J connectivity index is 1.66. The summed E-state index contributed by atoms with van der Waals surface area (Å²) < 4.78 is 0. The highest BCUT2D eigenvalue weighted by molar-refractivity contribution is 5.27. The van der Waals surface area contributed by atoms with Crippen molar-refractivity contribution in [2.45, 2.75) is 50.2 Å². The van der Waals surface area contributed by atoms with Crippen LogP contribution < -0.4 is 5.32 Å². The highest BCUT2D eigenvalue weighted by atomic mass is 16.3. The predicted molar refractivity (Wildman–Crippen MR) is 68.9 cm³/mol. The maximum Gasteiger partial charge on any atom is 0.0690 e. The number of aliphatic hydroxyl groups is 1. The summed E-state index contributed by atoms with van der Waals surface area (Å²) >= 11 is 0. The molecule has 1 heterocycles. The first-order valence-corrected chi connectivity index (χ1v) is 6.80. The molecule has 1 atom stereocenters. The van der Waals surface area contributed by atoms with Gasteiger partial charge in [-0.25, -0.2) is 0 Å². The molecule has 0 aromatic heterocycles. The maximum absolute atomic E-state index is 9.89. The van der Waals surface area contributed by atoms with E-state index in [0.29, 0.717) is 6.04 Å². The lowest BCUT2D eigenvalue weighted by molar-refractivity contribution is 0.151. The molecular formula is C15H21NO. The van der Waals surface area contributed by atoms with Crippen LogP contribution in [0.3, 0.4) is 0 Å². The van der Waals surface area contributed by atoms with Gasteiger partial charge >= 0.3 is 0 Å². The molecule has 0 radical (unpaired) electrons. The highest BCUT2D eigenvalue weighted by Crippen LogP contribution is 2.38. The minimum Gasteiger partial charge on any atom is -0.390 e.